The summed E-state index contributed by atoms with van der Waals surface area (Å²) in [4.78, 5) is 12.5. The zero-order valence-corrected chi connectivity index (χ0v) is 12.7. The van der Waals surface area contributed by atoms with Gasteiger partial charge in [0.2, 0.25) is 0 Å². The van der Waals surface area contributed by atoms with Gasteiger partial charge in [0.05, 0.1) is 13.1 Å². The van der Waals surface area contributed by atoms with Crippen molar-refractivity contribution >= 4 is 33.5 Å². The smallest absolute Gasteiger partial charge is 0.128 e. The molecule has 0 unspecified atom stereocenters. The van der Waals surface area contributed by atoms with Gasteiger partial charge >= 0.3 is 0 Å². The summed E-state index contributed by atoms with van der Waals surface area (Å²) in [7, 11) is 0. The van der Waals surface area contributed by atoms with Gasteiger partial charge in [-0.25, -0.2) is 0 Å². The average molecular weight is 303 g/mol. The number of nitrogens with zero attached hydrogens (tertiary/aromatic N) is 2. The molecular weight excluding hydrogens is 286 g/mol. The first-order chi connectivity index (χ1) is 11.4. The van der Waals surface area contributed by atoms with Crippen molar-refractivity contribution in [2.45, 2.75) is 0 Å². The molecular formula is C18H17N5. The summed E-state index contributed by atoms with van der Waals surface area (Å²) in [5, 5.41) is 9.15. The van der Waals surface area contributed by atoms with E-state index in [0.717, 1.165) is 60.0 Å². The molecule has 2 aliphatic heterocycles. The Balaban J connectivity index is 1.70. The number of aromatic amines is 1. The fourth-order valence-corrected chi connectivity index (χ4v) is 3.37. The molecule has 3 heterocycles. The van der Waals surface area contributed by atoms with Crippen LogP contribution < -0.4 is 10.6 Å². The van der Waals surface area contributed by atoms with Crippen LogP contribution in [0.1, 0.15) is 11.1 Å². The number of nitrogens with one attached hydrogen (secondary N) is 3. The lowest BCUT2D eigenvalue weighted by molar-refractivity contribution is 0.960. The molecule has 0 amide bonds. The summed E-state index contributed by atoms with van der Waals surface area (Å²) in [6.45, 7) is 3.57. The quantitative estimate of drug-likeness (QED) is 0.678. The van der Waals surface area contributed by atoms with E-state index in [-0.39, 0.29) is 0 Å². The third-order valence-corrected chi connectivity index (χ3v) is 4.49. The van der Waals surface area contributed by atoms with Crippen LogP contribution >= 0.6 is 0 Å². The molecule has 2 aromatic carbocycles. The van der Waals surface area contributed by atoms with Crippen LogP contribution in [0.4, 0.5) is 0 Å². The van der Waals surface area contributed by atoms with Gasteiger partial charge in [-0.1, -0.05) is 0 Å². The number of rotatable bonds is 2. The minimum absolute atomic E-state index is 0.858. The van der Waals surface area contributed by atoms with Crippen molar-refractivity contribution in [3.8, 4) is 0 Å². The lowest BCUT2D eigenvalue weighted by atomic mass is 10.1. The molecule has 2 aliphatic rings. The summed E-state index contributed by atoms with van der Waals surface area (Å²) in [5.74, 6) is 2.00. The van der Waals surface area contributed by atoms with Gasteiger partial charge in [-0.15, -0.1) is 0 Å². The minimum atomic E-state index is 0.858. The third kappa shape index (κ3) is 2.00. The highest BCUT2D eigenvalue weighted by Gasteiger charge is 2.13. The molecule has 5 nitrogen and oxygen atoms in total. The Bertz CT molecular complexity index is 901. The standard InChI is InChI=1S/C18H17N5/c1-3-15-13(9-11(1)17-19-5-6-20-17)14-10-12(2-4-16(14)23-15)18-21-7-8-22-18/h1-4,9-10,23H,5-8H2,(H,19,20)(H,21,22). The number of amidine groups is 2. The molecule has 5 rings (SSSR count). The lowest BCUT2D eigenvalue weighted by Gasteiger charge is -2.04. The second-order valence-corrected chi connectivity index (χ2v) is 5.96. The van der Waals surface area contributed by atoms with Gasteiger partial charge in [0.1, 0.15) is 11.7 Å². The van der Waals surface area contributed by atoms with Crippen molar-refractivity contribution in [3.63, 3.8) is 0 Å². The van der Waals surface area contributed by atoms with E-state index in [1.807, 2.05) is 0 Å². The Labute approximate surface area is 133 Å². The minimum Gasteiger partial charge on any atom is -0.368 e. The summed E-state index contributed by atoms with van der Waals surface area (Å²) in [5.41, 5.74) is 4.61. The van der Waals surface area contributed by atoms with Crippen molar-refractivity contribution < 1.29 is 0 Å². The van der Waals surface area contributed by atoms with E-state index in [1.165, 1.54) is 10.8 Å². The second kappa shape index (κ2) is 4.84. The van der Waals surface area contributed by atoms with Crippen molar-refractivity contribution in [3.05, 3.63) is 47.5 Å². The number of fused-ring (bicyclic) bond motifs is 3. The normalized spacial score (nSPS) is 17.2. The van der Waals surface area contributed by atoms with Crippen LogP contribution in [0.5, 0.6) is 0 Å². The van der Waals surface area contributed by atoms with Crippen LogP contribution in [0.25, 0.3) is 21.8 Å². The Hall–Kier alpha value is -2.82. The van der Waals surface area contributed by atoms with Gasteiger partial charge in [0.15, 0.2) is 0 Å². The number of aromatic nitrogens is 1. The van der Waals surface area contributed by atoms with Gasteiger partial charge < -0.3 is 15.6 Å². The predicted octanol–water partition coefficient (Wildman–Crippen LogP) is 2.02. The fraction of sp³-hybridized carbons (Fsp3) is 0.222. The van der Waals surface area contributed by atoms with E-state index in [2.05, 4.69) is 62.0 Å². The summed E-state index contributed by atoms with van der Waals surface area (Å²) >= 11 is 0. The van der Waals surface area contributed by atoms with E-state index < -0.39 is 0 Å². The van der Waals surface area contributed by atoms with Gasteiger partial charge in [-0.2, -0.15) is 0 Å². The van der Waals surface area contributed by atoms with E-state index >= 15 is 0 Å². The molecule has 5 heteroatoms. The molecule has 23 heavy (non-hydrogen) atoms. The number of hydrogen-bond acceptors (Lipinski definition) is 4. The molecule has 0 saturated heterocycles. The summed E-state index contributed by atoms with van der Waals surface area (Å²) in [6, 6.07) is 13.0. The average Bonchev–Trinajstić information content (AvgIpc) is 3.33. The topological polar surface area (TPSA) is 64.6 Å². The van der Waals surface area contributed by atoms with Crippen molar-refractivity contribution in [1.82, 2.24) is 15.6 Å². The number of benzene rings is 2. The maximum absolute atomic E-state index is 4.52. The van der Waals surface area contributed by atoms with Gasteiger partial charge in [0.25, 0.3) is 0 Å². The molecule has 0 saturated carbocycles. The number of aliphatic imine (C=N–C) groups is 2. The Kier molecular flexibility index (Phi) is 2.67. The second-order valence-electron chi connectivity index (χ2n) is 5.96. The van der Waals surface area contributed by atoms with Crippen LogP contribution in [-0.4, -0.2) is 42.8 Å². The molecule has 1 aromatic heterocycles. The van der Waals surface area contributed by atoms with Crippen molar-refractivity contribution in [2.75, 3.05) is 26.2 Å². The maximum Gasteiger partial charge on any atom is 0.128 e. The molecule has 0 spiro atoms. The molecule has 0 radical (unpaired) electrons. The molecule has 3 N–H and O–H groups in total. The van der Waals surface area contributed by atoms with Crippen LogP contribution in [0.3, 0.4) is 0 Å². The van der Waals surface area contributed by atoms with E-state index in [1.54, 1.807) is 0 Å². The van der Waals surface area contributed by atoms with Crippen molar-refractivity contribution in [2.24, 2.45) is 9.98 Å². The van der Waals surface area contributed by atoms with Gasteiger partial charge in [0, 0.05) is 46.0 Å². The van der Waals surface area contributed by atoms with Gasteiger partial charge in [-0.3, -0.25) is 9.98 Å². The Morgan fingerprint density at radius 3 is 1.65 bits per heavy atom. The Morgan fingerprint density at radius 2 is 1.22 bits per heavy atom. The van der Waals surface area contributed by atoms with Crippen LogP contribution in [0.15, 0.2) is 46.4 Å². The zero-order chi connectivity index (χ0) is 15.2. The van der Waals surface area contributed by atoms with E-state index in [0.29, 0.717) is 0 Å². The summed E-state index contributed by atoms with van der Waals surface area (Å²) < 4.78 is 0. The molecule has 0 bridgehead atoms. The maximum atomic E-state index is 4.52. The highest BCUT2D eigenvalue weighted by Crippen LogP contribution is 2.27. The first-order valence-corrected chi connectivity index (χ1v) is 8.01. The van der Waals surface area contributed by atoms with E-state index in [4.69, 9.17) is 0 Å². The van der Waals surface area contributed by atoms with Crippen LogP contribution in [0, 0.1) is 0 Å². The largest absolute Gasteiger partial charge is 0.368 e. The first-order valence-electron chi connectivity index (χ1n) is 8.01. The fourth-order valence-electron chi connectivity index (χ4n) is 3.37. The first kappa shape index (κ1) is 12.7. The van der Waals surface area contributed by atoms with Crippen LogP contribution in [-0.2, 0) is 0 Å². The number of H-pyrrole nitrogens is 1. The molecule has 0 atom stereocenters. The molecule has 0 fully saturated rings. The monoisotopic (exact) mass is 303 g/mol. The third-order valence-electron chi connectivity index (χ3n) is 4.49. The molecule has 114 valence electrons. The molecule has 0 aliphatic carbocycles. The summed E-state index contributed by atoms with van der Waals surface area (Å²) in [6.07, 6.45) is 0. The lowest BCUT2D eigenvalue weighted by Crippen LogP contribution is -2.19. The van der Waals surface area contributed by atoms with Crippen LogP contribution in [0.2, 0.25) is 0 Å². The zero-order valence-electron chi connectivity index (χ0n) is 12.7. The van der Waals surface area contributed by atoms with E-state index in [9.17, 15) is 0 Å². The number of hydrogen-bond donors (Lipinski definition) is 3. The highest BCUT2D eigenvalue weighted by molar-refractivity contribution is 6.13. The molecule has 3 aromatic rings. The Morgan fingerprint density at radius 1 is 0.696 bits per heavy atom. The van der Waals surface area contributed by atoms with Gasteiger partial charge in [-0.05, 0) is 36.4 Å². The predicted molar refractivity (Wildman–Crippen MR) is 94.6 cm³/mol. The van der Waals surface area contributed by atoms with Crippen molar-refractivity contribution in [1.29, 1.82) is 0 Å². The highest BCUT2D eigenvalue weighted by atomic mass is 15.1. The SMILES string of the molecule is c1cc2[nH]c3ccc(C4=NCCN4)cc3c2cc1C1=NCCN1.